The van der Waals surface area contributed by atoms with Crippen LogP contribution in [0.2, 0.25) is 0 Å². The van der Waals surface area contributed by atoms with Crippen LogP contribution in [0.3, 0.4) is 0 Å². The number of carbonyl (C=O) groups is 1. The molecular formula is C15H13F3N2O2. The number of hydrogen-bond donors (Lipinski definition) is 1. The lowest BCUT2D eigenvalue weighted by molar-refractivity contribution is -0.274. The summed E-state index contributed by atoms with van der Waals surface area (Å²) in [6.07, 6.45) is 0.175. The fourth-order valence-electron chi connectivity index (χ4n) is 1.70. The number of ether oxygens (including phenoxy) is 1. The van der Waals surface area contributed by atoms with Crippen LogP contribution in [0.25, 0.3) is 0 Å². The summed E-state index contributed by atoms with van der Waals surface area (Å²) in [4.78, 5) is 13.8. The molecule has 1 aliphatic heterocycles. The minimum Gasteiger partial charge on any atom is -0.406 e. The molecule has 0 saturated carbocycles. The van der Waals surface area contributed by atoms with Crippen molar-refractivity contribution < 1.29 is 22.7 Å². The van der Waals surface area contributed by atoms with E-state index < -0.39 is 6.36 Å². The second-order valence-electron chi connectivity index (χ2n) is 4.54. The number of halogens is 3. The van der Waals surface area contributed by atoms with E-state index in [1.165, 1.54) is 12.1 Å². The summed E-state index contributed by atoms with van der Waals surface area (Å²) in [6, 6.07) is 4.90. The molecule has 0 atom stereocenters. The predicted octanol–water partition coefficient (Wildman–Crippen LogP) is 3.42. The molecular weight excluding hydrogens is 297 g/mol. The van der Waals surface area contributed by atoms with E-state index in [9.17, 15) is 18.0 Å². The highest BCUT2D eigenvalue weighted by Crippen LogP contribution is 2.24. The monoisotopic (exact) mass is 310 g/mol. The third-order valence-electron chi connectivity index (χ3n) is 2.86. The predicted molar refractivity (Wildman–Crippen MR) is 75.9 cm³/mol. The second kappa shape index (κ2) is 5.97. The molecule has 0 aliphatic carbocycles. The number of nitrogens with one attached hydrogen (secondary N) is 1. The van der Waals surface area contributed by atoms with Crippen LogP contribution in [0.5, 0.6) is 5.75 Å². The fraction of sp³-hybridized carbons (Fsp3) is 0.133. The third-order valence-corrected chi connectivity index (χ3v) is 2.86. The number of nitrogens with zero attached hydrogens (tertiary/aromatic N) is 1. The van der Waals surface area contributed by atoms with Crippen LogP contribution in [-0.4, -0.2) is 24.2 Å². The highest BCUT2D eigenvalue weighted by molar-refractivity contribution is 6.06. The van der Waals surface area contributed by atoms with E-state index in [2.05, 4.69) is 16.6 Å². The number of carbonyl (C=O) groups excluding carboxylic acids is 1. The van der Waals surface area contributed by atoms with Gasteiger partial charge in [-0.05, 0) is 36.4 Å². The van der Waals surface area contributed by atoms with Crippen molar-refractivity contribution in [3.8, 4) is 5.75 Å². The maximum absolute atomic E-state index is 12.0. The first kappa shape index (κ1) is 15.7. The highest BCUT2D eigenvalue weighted by Gasteiger charge is 2.30. The molecule has 0 bridgehead atoms. The van der Waals surface area contributed by atoms with Crippen molar-refractivity contribution in [2.45, 2.75) is 6.36 Å². The molecule has 1 aromatic rings. The quantitative estimate of drug-likeness (QED) is 0.930. The molecule has 1 N–H and O–H groups in total. The van der Waals surface area contributed by atoms with E-state index in [0.29, 0.717) is 17.0 Å². The number of rotatable bonds is 3. The molecule has 116 valence electrons. The third kappa shape index (κ3) is 4.15. The van der Waals surface area contributed by atoms with Crippen molar-refractivity contribution >= 4 is 11.6 Å². The number of anilines is 1. The maximum atomic E-state index is 12.0. The Balaban J connectivity index is 2.02. The topological polar surface area (TPSA) is 41.6 Å². The summed E-state index contributed by atoms with van der Waals surface area (Å²) < 4.78 is 39.9. The molecule has 1 amide bonds. The lowest BCUT2D eigenvalue weighted by Crippen LogP contribution is -2.19. The van der Waals surface area contributed by atoms with Gasteiger partial charge in [-0.3, -0.25) is 4.79 Å². The SMILES string of the molecule is C=C1C=C(C(=O)Nc2ccc(OC(F)(F)F)cc2)C=CN1C. The Hall–Kier alpha value is -2.70. The number of likely N-dealkylation sites (N-methyl/N-ethyl adjacent to an activating group) is 1. The van der Waals surface area contributed by atoms with E-state index in [4.69, 9.17) is 0 Å². The first-order chi connectivity index (χ1) is 10.2. The Bertz CT molecular complexity index is 646. The van der Waals surface area contributed by atoms with Crippen molar-refractivity contribution in [2.75, 3.05) is 12.4 Å². The van der Waals surface area contributed by atoms with Gasteiger partial charge in [-0.1, -0.05) is 6.58 Å². The molecule has 0 unspecified atom stereocenters. The van der Waals surface area contributed by atoms with Gasteiger partial charge in [-0.2, -0.15) is 0 Å². The number of alkyl halides is 3. The summed E-state index contributed by atoms with van der Waals surface area (Å²) in [5, 5.41) is 2.58. The standard InChI is InChI=1S/C15H13F3N2O2/c1-10-9-11(7-8-20(10)2)14(21)19-12-3-5-13(6-4-12)22-15(16,17)18/h3-9H,1H2,2H3,(H,19,21). The van der Waals surface area contributed by atoms with Gasteiger partial charge in [0.1, 0.15) is 5.75 Å². The fourth-order valence-corrected chi connectivity index (χ4v) is 1.70. The van der Waals surface area contributed by atoms with Crippen molar-refractivity contribution in [3.63, 3.8) is 0 Å². The minimum atomic E-state index is -4.74. The Kier molecular flexibility index (Phi) is 4.25. The van der Waals surface area contributed by atoms with Gasteiger partial charge >= 0.3 is 6.36 Å². The van der Waals surface area contributed by atoms with Gasteiger partial charge < -0.3 is 15.0 Å². The first-order valence-corrected chi connectivity index (χ1v) is 6.23. The lowest BCUT2D eigenvalue weighted by atomic mass is 10.1. The Morgan fingerprint density at radius 2 is 1.91 bits per heavy atom. The lowest BCUT2D eigenvalue weighted by Gasteiger charge is -2.19. The van der Waals surface area contributed by atoms with Crippen LogP contribution < -0.4 is 10.1 Å². The molecule has 7 heteroatoms. The summed E-state index contributed by atoms with van der Waals surface area (Å²) in [5.74, 6) is -0.729. The molecule has 1 heterocycles. The van der Waals surface area contributed by atoms with E-state index >= 15 is 0 Å². The molecule has 0 saturated heterocycles. The van der Waals surface area contributed by atoms with Crippen LogP contribution in [0.15, 0.2) is 60.5 Å². The average Bonchev–Trinajstić information content (AvgIpc) is 2.42. The van der Waals surface area contributed by atoms with Crippen molar-refractivity contribution in [1.82, 2.24) is 4.90 Å². The highest BCUT2D eigenvalue weighted by atomic mass is 19.4. The smallest absolute Gasteiger partial charge is 0.406 e. The van der Waals surface area contributed by atoms with Gasteiger partial charge in [0.25, 0.3) is 5.91 Å². The largest absolute Gasteiger partial charge is 0.573 e. The zero-order valence-corrected chi connectivity index (χ0v) is 11.6. The molecule has 0 spiro atoms. The zero-order chi connectivity index (χ0) is 16.3. The zero-order valence-electron chi connectivity index (χ0n) is 11.6. The Morgan fingerprint density at radius 1 is 1.27 bits per heavy atom. The molecule has 1 aliphatic rings. The van der Waals surface area contributed by atoms with Gasteiger partial charge in [-0.25, -0.2) is 0 Å². The summed E-state index contributed by atoms with van der Waals surface area (Å²) in [6.45, 7) is 3.78. The number of amides is 1. The van der Waals surface area contributed by atoms with Crippen LogP contribution in [-0.2, 0) is 4.79 Å². The molecule has 4 nitrogen and oxygen atoms in total. The second-order valence-corrected chi connectivity index (χ2v) is 4.54. The first-order valence-electron chi connectivity index (χ1n) is 6.23. The van der Waals surface area contributed by atoms with E-state index in [0.717, 1.165) is 12.1 Å². The van der Waals surface area contributed by atoms with Crippen LogP contribution in [0.1, 0.15) is 0 Å². The summed E-state index contributed by atoms with van der Waals surface area (Å²) in [7, 11) is 1.80. The number of hydrogen-bond acceptors (Lipinski definition) is 3. The molecule has 0 aromatic heterocycles. The molecule has 22 heavy (non-hydrogen) atoms. The summed E-state index contributed by atoms with van der Waals surface area (Å²) in [5.41, 5.74) is 1.42. The normalized spacial score (nSPS) is 14.6. The Labute approximate surface area is 125 Å². The van der Waals surface area contributed by atoms with Crippen LogP contribution in [0.4, 0.5) is 18.9 Å². The van der Waals surface area contributed by atoms with E-state index in [1.54, 1.807) is 30.3 Å². The Morgan fingerprint density at radius 3 is 2.45 bits per heavy atom. The van der Waals surface area contributed by atoms with E-state index in [-0.39, 0.29) is 11.7 Å². The molecule has 0 fully saturated rings. The van der Waals surface area contributed by atoms with Gasteiger partial charge in [0.15, 0.2) is 0 Å². The van der Waals surface area contributed by atoms with Gasteiger partial charge in [0, 0.05) is 30.2 Å². The number of allylic oxidation sites excluding steroid dienone is 1. The number of benzene rings is 1. The molecule has 1 aromatic carbocycles. The van der Waals surface area contributed by atoms with Crippen LogP contribution >= 0.6 is 0 Å². The van der Waals surface area contributed by atoms with Gasteiger partial charge in [0.05, 0.1) is 0 Å². The average molecular weight is 310 g/mol. The molecule has 2 rings (SSSR count). The van der Waals surface area contributed by atoms with Crippen molar-refractivity contribution in [1.29, 1.82) is 0 Å². The summed E-state index contributed by atoms with van der Waals surface area (Å²) >= 11 is 0. The van der Waals surface area contributed by atoms with Gasteiger partial charge in [0.2, 0.25) is 0 Å². The van der Waals surface area contributed by atoms with E-state index in [1.807, 2.05) is 0 Å². The molecule has 0 radical (unpaired) electrons. The van der Waals surface area contributed by atoms with Crippen molar-refractivity contribution in [2.24, 2.45) is 0 Å². The van der Waals surface area contributed by atoms with Crippen LogP contribution in [0, 0.1) is 0 Å². The van der Waals surface area contributed by atoms with Gasteiger partial charge in [-0.15, -0.1) is 13.2 Å². The minimum absolute atomic E-state index is 0.350. The maximum Gasteiger partial charge on any atom is 0.573 e. The van der Waals surface area contributed by atoms with Crippen molar-refractivity contribution in [3.05, 3.63) is 60.5 Å².